The lowest BCUT2D eigenvalue weighted by molar-refractivity contribution is -0.0187. The molecule has 0 aliphatic carbocycles. The first kappa shape index (κ1) is 13.5. The molecule has 1 unspecified atom stereocenters. The fourth-order valence-electron chi connectivity index (χ4n) is 2.18. The summed E-state index contributed by atoms with van der Waals surface area (Å²) in [5, 5.41) is 2.08. The minimum atomic E-state index is -0.0445. The maximum Gasteiger partial charge on any atom is 0.0594 e. The van der Waals surface area contributed by atoms with Gasteiger partial charge in [-0.3, -0.25) is 4.90 Å². The predicted octanol–water partition coefficient (Wildman–Crippen LogP) is 2.62. The molecule has 1 fully saturated rings. The topological polar surface area (TPSA) is 38.5 Å². The van der Waals surface area contributed by atoms with Gasteiger partial charge < -0.3 is 10.5 Å². The number of nitrogens with two attached hydrogens (primary N) is 1. The molecule has 0 amide bonds. The average Bonchev–Trinajstić information content (AvgIpc) is 2.75. The van der Waals surface area contributed by atoms with Gasteiger partial charge in [0.1, 0.15) is 0 Å². The summed E-state index contributed by atoms with van der Waals surface area (Å²) in [6.45, 7) is 7.97. The van der Waals surface area contributed by atoms with Crippen molar-refractivity contribution in [2.24, 2.45) is 5.73 Å². The number of halogens is 1. The number of thiophene rings is 1. The van der Waals surface area contributed by atoms with Crippen LogP contribution in [0.2, 0.25) is 0 Å². The van der Waals surface area contributed by atoms with Crippen molar-refractivity contribution in [3.63, 3.8) is 0 Å². The van der Waals surface area contributed by atoms with Crippen LogP contribution >= 0.6 is 27.3 Å². The molecule has 5 heteroatoms. The van der Waals surface area contributed by atoms with Crippen molar-refractivity contribution >= 4 is 27.3 Å². The van der Waals surface area contributed by atoms with E-state index >= 15 is 0 Å². The van der Waals surface area contributed by atoms with Gasteiger partial charge in [-0.1, -0.05) is 0 Å². The van der Waals surface area contributed by atoms with Crippen molar-refractivity contribution in [1.82, 2.24) is 4.90 Å². The first-order valence-electron chi connectivity index (χ1n) is 5.84. The lowest BCUT2D eigenvalue weighted by Crippen LogP contribution is -2.55. The van der Waals surface area contributed by atoms with E-state index in [2.05, 4.69) is 46.1 Å². The lowest BCUT2D eigenvalue weighted by atomic mass is 9.91. The van der Waals surface area contributed by atoms with Crippen molar-refractivity contribution < 1.29 is 4.74 Å². The predicted molar refractivity (Wildman–Crippen MR) is 75.4 cm³/mol. The molecule has 0 saturated carbocycles. The molecular formula is C12H19BrN2OS. The van der Waals surface area contributed by atoms with Crippen molar-refractivity contribution in [1.29, 1.82) is 0 Å². The van der Waals surface area contributed by atoms with Crippen LogP contribution in [-0.4, -0.2) is 36.7 Å². The molecule has 1 aromatic rings. The van der Waals surface area contributed by atoms with Gasteiger partial charge in [0.15, 0.2) is 0 Å². The molecule has 1 atom stereocenters. The number of hydrogen-bond acceptors (Lipinski definition) is 4. The third-order valence-corrected chi connectivity index (χ3v) is 5.47. The van der Waals surface area contributed by atoms with E-state index in [4.69, 9.17) is 10.5 Å². The summed E-state index contributed by atoms with van der Waals surface area (Å²) in [6, 6.07) is 2.09. The maximum absolute atomic E-state index is 6.45. The van der Waals surface area contributed by atoms with Crippen LogP contribution in [-0.2, 0) is 4.74 Å². The Hall–Kier alpha value is 0.0600. The molecule has 3 nitrogen and oxygen atoms in total. The molecule has 0 spiro atoms. The zero-order valence-corrected chi connectivity index (χ0v) is 12.7. The van der Waals surface area contributed by atoms with E-state index in [1.807, 2.05) is 0 Å². The van der Waals surface area contributed by atoms with Gasteiger partial charge in [-0.25, -0.2) is 0 Å². The molecule has 0 bridgehead atoms. The third kappa shape index (κ3) is 2.74. The summed E-state index contributed by atoms with van der Waals surface area (Å²) in [4.78, 5) is 3.65. The highest BCUT2D eigenvalue weighted by Gasteiger charge is 2.36. The van der Waals surface area contributed by atoms with Crippen LogP contribution in [0.1, 0.15) is 24.8 Å². The number of morpholine rings is 1. The smallest absolute Gasteiger partial charge is 0.0594 e. The quantitative estimate of drug-likeness (QED) is 0.931. The van der Waals surface area contributed by atoms with Gasteiger partial charge in [-0.05, 0) is 41.2 Å². The van der Waals surface area contributed by atoms with E-state index < -0.39 is 0 Å². The monoisotopic (exact) mass is 318 g/mol. The second-order valence-corrected chi connectivity index (χ2v) is 6.67. The zero-order valence-electron chi connectivity index (χ0n) is 10.3. The highest BCUT2D eigenvalue weighted by atomic mass is 79.9. The zero-order chi connectivity index (χ0) is 12.5. The van der Waals surface area contributed by atoms with E-state index in [0.29, 0.717) is 0 Å². The Kier molecular flexibility index (Phi) is 4.26. The molecule has 17 heavy (non-hydrogen) atoms. The summed E-state index contributed by atoms with van der Waals surface area (Å²) < 4.78 is 6.52. The van der Waals surface area contributed by atoms with Gasteiger partial charge in [0.05, 0.1) is 19.3 Å². The molecule has 96 valence electrons. The number of nitrogens with zero attached hydrogens (tertiary/aromatic N) is 1. The van der Waals surface area contributed by atoms with E-state index in [1.165, 1.54) is 4.88 Å². The molecule has 0 aromatic carbocycles. The molecule has 2 heterocycles. The van der Waals surface area contributed by atoms with Gasteiger partial charge >= 0.3 is 0 Å². The van der Waals surface area contributed by atoms with Gasteiger partial charge in [0.25, 0.3) is 0 Å². The van der Waals surface area contributed by atoms with Crippen LogP contribution in [0.4, 0.5) is 0 Å². The Morgan fingerprint density at radius 3 is 2.65 bits per heavy atom. The normalized spacial score (nSPS) is 20.5. The van der Waals surface area contributed by atoms with Gasteiger partial charge in [-0.2, -0.15) is 0 Å². The fraction of sp³-hybridized carbons (Fsp3) is 0.667. The number of rotatable bonds is 3. The van der Waals surface area contributed by atoms with Crippen molar-refractivity contribution in [3.05, 3.63) is 20.8 Å². The molecular weight excluding hydrogens is 300 g/mol. The molecule has 1 aliphatic rings. The van der Waals surface area contributed by atoms with Crippen LogP contribution < -0.4 is 5.73 Å². The first-order chi connectivity index (χ1) is 8.03. The summed E-state index contributed by atoms with van der Waals surface area (Å²) >= 11 is 5.29. The van der Waals surface area contributed by atoms with Crippen LogP contribution in [0, 0.1) is 0 Å². The second kappa shape index (κ2) is 5.36. The number of ether oxygens (including phenoxy) is 1. The number of hydrogen-bond donors (Lipinski definition) is 1. The SMILES string of the molecule is CC(C)(C(N)c1sccc1Br)N1CCOCC1. The molecule has 0 radical (unpaired) electrons. The molecule has 2 N–H and O–H groups in total. The van der Waals surface area contributed by atoms with E-state index in [0.717, 1.165) is 30.8 Å². The van der Waals surface area contributed by atoms with Crippen molar-refractivity contribution in [2.75, 3.05) is 26.3 Å². The van der Waals surface area contributed by atoms with E-state index in [9.17, 15) is 0 Å². The Morgan fingerprint density at radius 2 is 2.12 bits per heavy atom. The van der Waals surface area contributed by atoms with Crippen molar-refractivity contribution in [2.45, 2.75) is 25.4 Å². The Balaban J connectivity index is 2.16. The largest absolute Gasteiger partial charge is 0.379 e. The minimum Gasteiger partial charge on any atom is -0.379 e. The lowest BCUT2D eigenvalue weighted by Gasteiger charge is -2.44. The van der Waals surface area contributed by atoms with E-state index in [-0.39, 0.29) is 11.6 Å². The second-order valence-electron chi connectivity index (χ2n) is 4.86. The van der Waals surface area contributed by atoms with Gasteiger partial charge in [-0.15, -0.1) is 11.3 Å². The minimum absolute atomic E-state index is 0.0231. The standard InChI is InChI=1S/C12H19BrN2OS/c1-12(2,15-4-6-16-7-5-15)11(14)10-9(13)3-8-17-10/h3,8,11H,4-7,14H2,1-2H3. The molecule has 1 saturated heterocycles. The summed E-state index contributed by atoms with van der Waals surface area (Å²) in [6.07, 6.45) is 0. The molecule has 2 rings (SSSR count). The summed E-state index contributed by atoms with van der Waals surface area (Å²) in [7, 11) is 0. The van der Waals surface area contributed by atoms with E-state index in [1.54, 1.807) is 11.3 Å². The Morgan fingerprint density at radius 1 is 1.47 bits per heavy atom. The van der Waals surface area contributed by atoms with Crippen LogP contribution in [0.5, 0.6) is 0 Å². The Bertz CT molecular complexity index is 374. The summed E-state index contributed by atoms with van der Waals surface area (Å²) in [5.74, 6) is 0. The van der Waals surface area contributed by atoms with Crippen LogP contribution in [0.25, 0.3) is 0 Å². The third-order valence-electron chi connectivity index (χ3n) is 3.51. The van der Waals surface area contributed by atoms with Crippen LogP contribution in [0.15, 0.2) is 15.9 Å². The Labute approximate surface area is 115 Å². The highest BCUT2D eigenvalue weighted by Crippen LogP contribution is 2.36. The average molecular weight is 319 g/mol. The van der Waals surface area contributed by atoms with Crippen LogP contribution in [0.3, 0.4) is 0 Å². The molecule has 1 aromatic heterocycles. The fourth-order valence-corrected chi connectivity index (χ4v) is 3.99. The first-order valence-corrected chi connectivity index (χ1v) is 7.52. The van der Waals surface area contributed by atoms with Gasteiger partial charge in [0, 0.05) is 28.0 Å². The van der Waals surface area contributed by atoms with Gasteiger partial charge in [0.2, 0.25) is 0 Å². The summed E-state index contributed by atoms with van der Waals surface area (Å²) in [5.41, 5.74) is 6.40. The maximum atomic E-state index is 6.45. The van der Waals surface area contributed by atoms with Crippen molar-refractivity contribution in [3.8, 4) is 0 Å². The molecule has 1 aliphatic heterocycles. The highest BCUT2D eigenvalue weighted by molar-refractivity contribution is 9.10.